The third kappa shape index (κ3) is 6.03. The molecule has 32 heavy (non-hydrogen) atoms. The van der Waals surface area contributed by atoms with E-state index in [1.54, 1.807) is 0 Å². The molecule has 1 aliphatic rings. The Balaban J connectivity index is 1.44. The molecule has 4 rings (SSSR count). The topological polar surface area (TPSA) is 68.2 Å². The van der Waals surface area contributed by atoms with Gasteiger partial charge in [-0.25, -0.2) is 0 Å². The SMILES string of the molecule is OC1[C@H](O)C(OCc2ccccc2)[C@H](OCc2ccccc2)C[C@@H]1OCc1ccccc1. The largest absolute Gasteiger partial charge is 0.388 e. The van der Waals surface area contributed by atoms with Gasteiger partial charge < -0.3 is 24.4 Å². The first kappa shape index (κ1) is 22.6. The maximum Gasteiger partial charge on any atom is 0.113 e. The fraction of sp³-hybridized carbons (Fsp3) is 0.333. The van der Waals surface area contributed by atoms with Crippen molar-refractivity contribution in [1.82, 2.24) is 0 Å². The van der Waals surface area contributed by atoms with Gasteiger partial charge in [-0.15, -0.1) is 0 Å². The molecule has 3 aromatic rings. The molecule has 5 nitrogen and oxygen atoms in total. The summed E-state index contributed by atoms with van der Waals surface area (Å²) in [6.45, 7) is 1.08. The van der Waals surface area contributed by atoms with Crippen LogP contribution >= 0.6 is 0 Å². The number of hydrogen-bond acceptors (Lipinski definition) is 5. The number of benzene rings is 3. The summed E-state index contributed by atoms with van der Waals surface area (Å²) in [4.78, 5) is 0. The molecule has 1 fully saturated rings. The molecule has 3 aromatic carbocycles. The van der Waals surface area contributed by atoms with Crippen molar-refractivity contribution in [2.45, 2.75) is 56.8 Å². The lowest BCUT2D eigenvalue weighted by Gasteiger charge is -2.42. The molecular formula is C27H30O5. The van der Waals surface area contributed by atoms with Crippen molar-refractivity contribution in [2.24, 2.45) is 0 Å². The molecule has 0 amide bonds. The summed E-state index contributed by atoms with van der Waals surface area (Å²) in [5, 5.41) is 21.7. The Morgan fingerprint density at radius 1 is 0.531 bits per heavy atom. The Hall–Kier alpha value is -2.54. The molecule has 0 radical (unpaired) electrons. The standard InChI is InChI=1S/C27H30O5/c28-25-23(30-17-20-10-4-1-5-11-20)16-24(31-18-21-12-6-2-7-13-21)27(26(25)29)32-19-22-14-8-3-9-15-22/h1-15,23-29H,16-19H2/t23-,24+,25?,26-,27?/m0/s1. The van der Waals surface area contributed by atoms with Crippen LogP contribution < -0.4 is 0 Å². The van der Waals surface area contributed by atoms with Crippen LogP contribution in [0.5, 0.6) is 0 Å². The molecule has 0 aromatic heterocycles. The molecular weight excluding hydrogens is 404 g/mol. The van der Waals surface area contributed by atoms with E-state index >= 15 is 0 Å². The summed E-state index contributed by atoms with van der Waals surface area (Å²) in [5.41, 5.74) is 3.05. The minimum atomic E-state index is -1.12. The zero-order valence-electron chi connectivity index (χ0n) is 18.0. The predicted molar refractivity (Wildman–Crippen MR) is 122 cm³/mol. The van der Waals surface area contributed by atoms with Gasteiger partial charge in [-0.05, 0) is 16.7 Å². The third-order valence-corrected chi connectivity index (χ3v) is 5.80. The fourth-order valence-corrected chi connectivity index (χ4v) is 3.99. The van der Waals surface area contributed by atoms with Crippen LogP contribution in [0.4, 0.5) is 0 Å². The van der Waals surface area contributed by atoms with Crippen LogP contribution in [0, 0.1) is 0 Å². The molecule has 1 saturated carbocycles. The highest BCUT2D eigenvalue weighted by Gasteiger charge is 2.45. The van der Waals surface area contributed by atoms with Crippen molar-refractivity contribution in [2.75, 3.05) is 0 Å². The smallest absolute Gasteiger partial charge is 0.113 e. The van der Waals surface area contributed by atoms with Crippen LogP contribution in [-0.2, 0) is 34.0 Å². The van der Waals surface area contributed by atoms with Gasteiger partial charge in [0, 0.05) is 6.42 Å². The Bertz CT molecular complexity index is 919. The van der Waals surface area contributed by atoms with Crippen molar-refractivity contribution < 1.29 is 24.4 Å². The lowest BCUT2D eigenvalue weighted by molar-refractivity contribution is -0.221. The van der Waals surface area contributed by atoms with Gasteiger partial charge in [-0.2, -0.15) is 0 Å². The normalized spacial score (nSPS) is 25.5. The Morgan fingerprint density at radius 2 is 0.938 bits per heavy atom. The maximum absolute atomic E-state index is 10.9. The van der Waals surface area contributed by atoms with E-state index in [1.807, 2.05) is 91.0 Å². The Morgan fingerprint density at radius 3 is 1.41 bits per heavy atom. The van der Waals surface area contributed by atoms with E-state index in [-0.39, 0.29) is 0 Å². The van der Waals surface area contributed by atoms with Crippen LogP contribution in [0.25, 0.3) is 0 Å². The average Bonchev–Trinajstić information content (AvgIpc) is 2.85. The second-order valence-corrected chi connectivity index (χ2v) is 8.15. The second kappa shape index (κ2) is 11.4. The molecule has 2 unspecified atom stereocenters. The molecule has 1 aliphatic carbocycles. The predicted octanol–water partition coefficient (Wildman–Crippen LogP) is 3.87. The van der Waals surface area contributed by atoms with Crippen molar-refractivity contribution in [3.05, 3.63) is 108 Å². The molecule has 0 bridgehead atoms. The highest BCUT2D eigenvalue weighted by atomic mass is 16.6. The minimum Gasteiger partial charge on any atom is -0.388 e. The summed E-state index contributed by atoms with van der Waals surface area (Å²) in [7, 11) is 0. The van der Waals surface area contributed by atoms with E-state index in [0.717, 1.165) is 16.7 Å². The highest BCUT2D eigenvalue weighted by molar-refractivity contribution is 5.15. The van der Waals surface area contributed by atoms with E-state index in [2.05, 4.69) is 0 Å². The number of ether oxygens (including phenoxy) is 3. The monoisotopic (exact) mass is 434 g/mol. The lowest BCUT2D eigenvalue weighted by Crippen LogP contribution is -2.58. The fourth-order valence-electron chi connectivity index (χ4n) is 3.99. The summed E-state index contributed by atoms with van der Waals surface area (Å²) in [5.74, 6) is 0. The molecule has 0 spiro atoms. The molecule has 0 saturated heterocycles. The van der Waals surface area contributed by atoms with Gasteiger partial charge in [0.25, 0.3) is 0 Å². The summed E-state index contributed by atoms with van der Waals surface area (Å²) < 4.78 is 18.3. The molecule has 0 aliphatic heterocycles. The van der Waals surface area contributed by atoms with Gasteiger partial charge in [0.05, 0.1) is 32.0 Å². The van der Waals surface area contributed by atoms with Gasteiger partial charge >= 0.3 is 0 Å². The van der Waals surface area contributed by atoms with E-state index in [0.29, 0.717) is 26.2 Å². The van der Waals surface area contributed by atoms with Crippen molar-refractivity contribution in [3.8, 4) is 0 Å². The van der Waals surface area contributed by atoms with Gasteiger partial charge in [-0.1, -0.05) is 91.0 Å². The summed E-state index contributed by atoms with van der Waals surface area (Å²) in [6.07, 6.45) is -3.38. The summed E-state index contributed by atoms with van der Waals surface area (Å²) >= 11 is 0. The van der Waals surface area contributed by atoms with Gasteiger partial charge in [0.15, 0.2) is 0 Å². The number of hydrogen-bond donors (Lipinski definition) is 2. The van der Waals surface area contributed by atoms with Gasteiger partial charge in [0.1, 0.15) is 18.3 Å². The zero-order chi connectivity index (χ0) is 22.2. The van der Waals surface area contributed by atoms with Gasteiger partial charge in [0.2, 0.25) is 0 Å². The second-order valence-electron chi connectivity index (χ2n) is 8.15. The van der Waals surface area contributed by atoms with Crippen molar-refractivity contribution >= 4 is 0 Å². The average molecular weight is 435 g/mol. The third-order valence-electron chi connectivity index (χ3n) is 5.80. The first-order chi connectivity index (χ1) is 15.7. The van der Waals surface area contributed by atoms with Gasteiger partial charge in [-0.3, -0.25) is 0 Å². The maximum atomic E-state index is 10.9. The van der Waals surface area contributed by atoms with E-state index in [9.17, 15) is 10.2 Å². The molecule has 5 atom stereocenters. The minimum absolute atomic E-state index is 0.329. The number of aliphatic hydroxyl groups is 2. The van der Waals surface area contributed by atoms with E-state index in [1.165, 1.54) is 0 Å². The first-order valence-corrected chi connectivity index (χ1v) is 11.0. The van der Waals surface area contributed by atoms with Crippen LogP contribution in [0.15, 0.2) is 91.0 Å². The Kier molecular flexibility index (Phi) is 8.04. The highest BCUT2D eigenvalue weighted by Crippen LogP contribution is 2.29. The van der Waals surface area contributed by atoms with Crippen molar-refractivity contribution in [3.63, 3.8) is 0 Å². The van der Waals surface area contributed by atoms with E-state index in [4.69, 9.17) is 14.2 Å². The zero-order valence-corrected chi connectivity index (χ0v) is 18.0. The van der Waals surface area contributed by atoms with E-state index < -0.39 is 30.5 Å². The summed E-state index contributed by atoms with van der Waals surface area (Å²) in [6, 6.07) is 29.5. The lowest BCUT2D eigenvalue weighted by atomic mass is 9.86. The van der Waals surface area contributed by atoms with Crippen LogP contribution in [-0.4, -0.2) is 40.7 Å². The van der Waals surface area contributed by atoms with Crippen molar-refractivity contribution in [1.29, 1.82) is 0 Å². The molecule has 0 heterocycles. The quantitative estimate of drug-likeness (QED) is 0.535. The number of rotatable bonds is 9. The van der Waals surface area contributed by atoms with Crippen LogP contribution in [0.1, 0.15) is 23.1 Å². The Labute approximate surface area is 189 Å². The molecule has 168 valence electrons. The first-order valence-electron chi connectivity index (χ1n) is 11.0. The molecule has 2 N–H and O–H groups in total. The van der Waals surface area contributed by atoms with Crippen LogP contribution in [0.2, 0.25) is 0 Å². The molecule has 5 heteroatoms. The van der Waals surface area contributed by atoms with Crippen LogP contribution in [0.3, 0.4) is 0 Å². The number of aliphatic hydroxyl groups excluding tert-OH is 2.